The molecule has 0 atom stereocenters. The van der Waals surface area contributed by atoms with Crippen LogP contribution in [0, 0.1) is 0 Å². The van der Waals surface area contributed by atoms with E-state index in [1.165, 1.54) is 12.1 Å². The summed E-state index contributed by atoms with van der Waals surface area (Å²) in [6, 6.07) is 6.33. The fourth-order valence-electron chi connectivity index (χ4n) is 2.29. The maximum atomic E-state index is 14.6. The van der Waals surface area contributed by atoms with Gasteiger partial charge in [-0.25, -0.2) is 9.59 Å². The summed E-state index contributed by atoms with van der Waals surface area (Å²) in [5.41, 5.74) is 0.418. The summed E-state index contributed by atoms with van der Waals surface area (Å²) in [5, 5.41) is 0. The Morgan fingerprint density at radius 2 is 1.56 bits per heavy atom. The molecule has 1 aromatic rings. The van der Waals surface area contributed by atoms with E-state index in [0.29, 0.717) is 6.42 Å². The van der Waals surface area contributed by atoms with Crippen molar-refractivity contribution in [3.63, 3.8) is 0 Å². The van der Waals surface area contributed by atoms with E-state index in [2.05, 4.69) is 6.92 Å². The van der Waals surface area contributed by atoms with Crippen LogP contribution in [0.5, 0.6) is 0 Å². The van der Waals surface area contributed by atoms with E-state index in [4.69, 9.17) is 0 Å². The highest BCUT2D eigenvalue weighted by molar-refractivity contribution is 6.13. The number of hydrogen-bond acceptors (Lipinski definition) is 2. The molecule has 0 fully saturated rings. The molecule has 0 unspecified atom stereocenters. The van der Waals surface area contributed by atoms with Crippen LogP contribution in [0.25, 0.3) is 0 Å². The van der Waals surface area contributed by atoms with Crippen LogP contribution in [0.3, 0.4) is 0 Å². The lowest BCUT2D eigenvalue weighted by Crippen LogP contribution is -2.45. The molecule has 0 aromatic heterocycles. The number of quaternary nitrogens is 1. The van der Waals surface area contributed by atoms with E-state index in [9.17, 15) is 14.1 Å². The summed E-state index contributed by atoms with van der Waals surface area (Å²) in [5.74, 6) is -1.43. The van der Waals surface area contributed by atoms with Gasteiger partial charge in [0, 0.05) is 15.6 Å². The largest absolute Gasteiger partial charge is 0.392 e. The molecule has 0 N–H and O–H groups in total. The lowest BCUT2D eigenvalue weighted by Gasteiger charge is -2.14. The average molecular weight is 250 g/mol. The number of fused-ring (bicyclic) bond motifs is 1. The van der Waals surface area contributed by atoms with Gasteiger partial charge in [0.05, 0.1) is 0 Å². The van der Waals surface area contributed by atoms with Gasteiger partial charge >= 0.3 is 11.8 Å². The first kappa shape index (κ1) is 12.9. The van der Waals surface area contributed by atoms with Crippen molar-refractivity contribution in [2.45, 2.75) is 32.6 Å². The number of amides is 2. The zero-order valence-corrected chi connectivity index (χ0v) is 10.5. The van der Waals surface area contributed by atoms with Crippen LogP contribution in [-0.4, -0.2) is 23.1 Å². The number of halogens is 1. The minimum absolute atomic E-state index is 0.0493. The molecule has 1 aliphatic heterocycles. The molecule has 18 heavy (non-hydrogen) atoms. The van der Waals surface area contributed by atoms with Gasteiger partial charge in [-0.1, -0.05) is 31.9 Å². The first-order chi connectivity index (χ1) is 8.61. The molecule has 1 aliphatic rings. The predicted molar refractivity (Wildman–Crippen MR) is 65.5 cm³/mol. The lowest BCUT2D eigenvalue weighted by atomic mass is 10.1. The third-order valence-corrected chi connectivity index (χ3v) is 3.35. The third kappa shape index (κ3) is 1.97. The van der Waals surface area contributed by atoms with Gasteiger partial charge in [-0.05, 0) is 18.6 Å². The number of unbranched alkanes of at least 4 members (excludes halogenated alkanes) is 3. The quantitative estimate of drug-likeness (QED) is 0.456. The van der Waals surface area contributed by atoms with Crippen LogP contribution in [-0.2, 0) is 0 Å². The number of nitrogens with zero attached hydrogens (tertiary/aromatic N) is 1. The van der Waals surface area contributed by atoms with Crippen LogP contribution >= 0.6 is 0 Å². The monoisotopic (exact) mass is 250 g/mol. The predicted octanol–water partition coefficient (Wildman–Crippen LogP) is 3.26. The molecule has 0 saturated heterocycles. The van der Waals surface area contributed by atoms with E-state index in [1.54, 1.807) is 12.1 Å². The zero-order chi connectivity index (χ0) is 13.2. The Kier molecular flexibility index (Phi) is 3.57. The maximum absolute atomic E-state index is 14.6. The smallest absolute Gasteiger partial charge is 0.221 e. The fourth-order valence-corrected chi connectivity index (χ4v) is 2.29. The second-order valence-corrected chi connectivity index (χ2v) is 4.66. The van der Waals surface area contributed by atoms with Crippen molar-refractivity contribution < 1.29 is 18.8 Å². The Balaban J connectivity index is 2.16. The van der Waals surface area contributed by atoms with E-state index in [0.717, 1.165) is 19.3 Å². The summed E-state index contributed by atoms with van der Waals surface area (Å²) >= 11 is 0. The van der Waals surface area contributed by atoms with Crippen molar-refractivity contribution >= 4 is 11.8 Å². The molecular weight excluding hydrogens is 233 g/mol. The van der Waals surface area contributed by atoms with Crippen LogP contribution in [0.4, 0.5) is 4.48 Å². The van der Waals surface area contributed by atoms with E-state index in [-0.39, 0.29) is 17.7 Å². The van der Waals surface area contributed by atoms with Gasteiger partial charge in [0.15, 0.2) is 0 Å². The van der Waals surface area contributed by atoms with Gasteiger partial charge in [0.25, 0.3) is 0 Å². The average Bonchev–Trinajstić information content (AvgIpc) is 2.59. The highest BCUT2D eigenvalue weighted by Gasteiger charge is 2.56. The van der Waals surface area contributed by atoms with Crippen molar-refractivity contribution in [2.24, 2.45) is 0 Å². The van der Waals surface area contributed by atoms with Crippen molar-refractivity contribution in [2.75, 3.05) is 6.54 Å². The van der Waals surface area contributed by atoms with Gasteiger partial charge in [-0.3, -0.25) is 0 Å². The Morgan fingerprint density at radius 3 is 2.06 bits per heavy atom. The van der Waals surface area contributed by atoms with Crippen molar-refractivity contribution in [1.82, 2.24) is 0 Å². The van der Waals surface area contributed by atoms with Crippen molar-refractivity contribution in [3.8, 4) is 0 Å². The Hall–Kier alpha value is -1.55. The zero-order valence-electron chi connectivity index (χ0n) is 10.5. The van der Waals surface area contributed by atoms with Crippen LogP contribution in [0.15, 0.2) is 24.3 Å². The lowest BCUT2D eigenvalue weighted by molar-refractivity contribution is -0.912. The minimum atomic E-state index is -1.58. The van der Waals surface area contributed by atoms with Crippen molar-refractivity contribution in [1.29, 1.82) is 0 Å². The molecule has 0 saturated carbocycles. The van der Waals surface area contributed by atoms with Gasteiger partial charge < -0.3 is 0 Å². The fraction of sp³-hybridized carbons (Fsp3) is 0.429. The van der Waals surface area contributed by atoms with E-state index in [1.807, 2.05) is 0 Å². The first-order valence-electron chi connectivity index (χ1n) is 6.38. The number of rotatable bonds is 5. The summed E-state index contributed by atoms with van der Waals surface area (Å²) in [6.07, 6.45) is 3.43. The van der Waals surface area contributed by atoms with Gasteiger partial charge in [-0.2, -0.15) is 0 Å². The van der Waals surface area contributed by atoms with Crippen LogP contribution in [0.2, 0.25) is 0 Å². The van der Waals surface area contributed by atoms with E-state index < -0.39 is 16.5 Å². The molecule has 0 bridgehead atoms. The van der Waals surface area contributed by atoms with Gasteiger partial charge in [0.1, 0.15) is 17.7 Å². The Bertz CT molecular complexity index is 449. The standard InChI is InChI=1S/C14H17FNO2/c1-2-3-4-7-10-16(15)13(17)11-8-5-6-9-12(11)14(16)18/h5-6,8-9H,2-4,7,10H2,1H3/q+1. The summed E-state index contributed by atoms with van der Waals surface area (Å²) in [7, 11) is 0. The second kappa shape index (κ2) is 4.98. The van der Waals surface area contributed by atoms with Crippen LogP contribution in [0.1, 0.15) is 53.3 Å². The number of imide groups is 1. The molecule has 96 valence electrons. The molecule has 3 nitrogen and oxygen atoms in total. The first-order valence-corrected chi connectivity index (χ1v) is 6.38. The molecule has 2 amide bonds. The van der Waals surface area contributed by atoms with E-state index >= 15 is 0 Å². The molecule has 0 radical (unpaired) electrons. The summed E-state index contributed by atoms with van der Waals surface area (Å²) < 4.78 is 13.0. The topological polar surface area (TPSA) is 34.1 Å². The molecule has 0 spiro atoms. The van der Waals surface area contributed by atoms with Gasteiger partial charge in [0.2, 0.25) is 0 Å². The molecule has 1 heterocycles. The molecule has 4 heteroatoms. The number of carbonyl (C=O) groups excluding carboxylic acids is 2. The van der Waals surface area contributed by atoms with Crippen LogP contribution < -0.4 is 0 Å². The van der Waals surface area contributed by atoms with Crippen molar-refractivity contribution in [3.05, 3.63) is 35.4 Å². The van der Waals surface area contributed by atoms with Gasteiger partial charge in [-0.15, -0.1) is 0 Å². The highest BCUT2D eigenvalue weighted by Crippen LogP contribution is 2.31. The number of hydrogen-bond donors (Lipinski definition) is 0. The normalized spacial score (nSPS) is 17.0. The second-order valence-electron chi connectivity index (χ2n) is 4.66. The SMILES string of the molecule is CCCCCC[N+]1(F)C(=O)c2ccccc2C1=O. The molecular formula is C14H17FNO2+. The minimum Gasteiger partial charge on any atom is -0.221 e. The number of benzene rings is 1. The maximum Gasteiger partial charge on any atom is 0.392 e. The summed E-state index contributed by atoms with van der Waals surface area (Å²) in [4.78, 5) is 23.9. The molecule has 1 aromatic carbocycles. The Labute approximate surface area is 106 Å². The highest BCUT2D eigenvalue weighted by atomic mass is 19.2. The summed E-state index contributed by atoms with van der Waals surface area (Å²) in [6.45, 7) is 2.01. The Morgan fingerprint density at radius 1 is 1.00 bits per heavy atom. The molecule has 2 rings (SSSR count). The third-order valence-electron chi connectivity index (χ3n) is 3.35. The number of carbonyl (C=O) groups is 2. The molecule has 0 aliphatic carbocycles.